The largest absolute Gasteiger partial charge is 0.494 e. The molecule has 0 unspecified atom stereocenters. The molecule has 0 radical (unpaired) electrons. The van der Waals surface area contributed by atoms with Crippen molar-refractivity contribution in [2.45, 2.75) is 6.54 Å². The number of aromatic carboxylic acids is 1. The van der Waals surface area contributed by atoms with Gasteiger partial charge in [0.25, 0.3) is 5.69 Å². The molecule has 110 valence electrons. The molecule has 0 fully saturated rings. The summed E-state index contributed by atoms with van der Waals surface area (Å²) < 4.78 is 10.2. The number of rotatable bonds is 6. The molecular formula is C13H12N2O6. The van der Waals surface area contributed by atoms with Crippen LogP contribution in [0.15, 0.2) is 34.9 Å². The number of non-ortho nitro benzene ring substituents is 1. The van der Waals surface area contributed by atoms with Gasteiger partial charge in [-0.05, 0) is 12.1 Å². The van der Waals surface area contributed by atoms with E-state index in [0.717, 1.165) is 6.26 Å². The maximum Gasteiger partial charge on any atom is 0.338 e. The number of anilines is 1. The van der Waals surface area contributed by atoms with Crippen LogP contribution >= 0.6 is 0 Å². The van der Waals surface area contributed by atoms with E-state index in [1.807, 2.05) is 0 Å². The average molecular weight is 292 g/mol. The number of methoxy groups -OCH3 is 1. The van der Waals surface area contributed by atoms with E-state index in [1.54, 1.807) is 0 Å². The highest BCUT2D eigenvalue weighted by Gasteiger charge is 2.12. The third kappa shape index (κ3) is 3.30. The Hall–Kier alpha value is -3.03. The first-order valence-electron chi connectivity index (χ1n) is 5.88. The molecule has 2 aromatic rings. The Kier molecular flexibility index (Phi) is 4.07. The minimum atomic E-state index is -1.07. The number of nitrogens with zero attached hydrogens (tertiary/aromatic N) is 1. The Morgan fingerprint density at radius 2 is 2.24 bits per heavy atom. The number of benzene rings is 1. The summed E-state index contributed by atoms with van der Waals surface area (Å²) in [5.74, 6) is -0.333. The second kappa shape index (κ2) is 5.95. The Bertz CT molecular complexity index is 679. The molecule has 1 aromatic heterocycles. The number of hydrogen-bond donors (Lipinski definition) is 2. The lowest BCUT2D eigenvalue weighted by Crippen LogP contribution is -2.01. The van der Waals surface area contributed by atoms with Crippen LogP contribution in [0.4, 0.5) is 11.4 Å². The van der Waals surface area contributed by atoms with Crippen LogP contribution in [0.5, 0.6) is 5.75 Å². The zero-order valence-corrected chi connectivity index (χ0v) is 11.0. The molecule has 0 atom stereocenters. The molecular weight excluding hydrogens is 280 g/mol. The van der Waals surface area contributed by atoms with Gasteiger partial charge in [0.15, 0.2) is 0 Å². The van der Waals surface area contributed by atoms with Gasteiger partial charge >= 0.3 is 5.97 Å². The fraction of sp³-hybridized carbons (Fsp3) is 0.154. The highest BCUT2D eigenvalue weighted by atomic mass is 16.6. The second-order valence-corrected chi connectivity index (χ2v) is 4.10. The fourth-order valence-electron chi connectivity index (χ4n) is 1.71. The number of ether oxygens (including phenoxy) is 1. The molecule has 0 spiro atoms. The molecule has 1 aromatic carbocycles. The van der Waals surface area contributed by atoms with Gasteiger partial charge in [0.2, 0.25) is 0 Å². The van der Waals surface area contributed by atoms with E-state index in [9.17, 15) is 14.9 Å². The Morgan fingerprint density at radius 3 is 2.81 bits per heavy atom. The third-order valence-corrected chi connectivity index (χ3v) is 2.75. The predicted octanol–water partition coefficient (Wildman–Crippen LogP) is 2.51. The molecule has 2 rings (SSSR count). The highest BCUT2D eigenvalue weighted by molar-refractivity contribution is 5.87. The van der Waals surface area contributed by atoms with Crippen LogP contribution in [0.3, 0.4) is 0 Å². The van der Waals surface area contributed by atoms with Crippen LogP contribution in [-0.2, 0) is 6.54 Å². The molecule has 0 saturated carbocycles. The van der Waals surface area contributed by atoms with Crippen molar-refractivity contribution < 1.29 is 24.0 Å². The predicted molar refractivity (Wildman–Crippen MR) is 72.6 cm³/mol. The van der Waals surface area contributed by atoms with Crippen LogP contribution in [0, 0.1) is 10.1 Å². The van der Waals surface area contributed by atoms with Crippen molar-refractivity contribution in [3.05, 3.63) is 52.0 Å². The number of hydrogen-bond acceptors (Lipinski definition) is 6. The highest BCUT2D eigenvalue weighted by Crippen LogP contribution is 2.29. The van der Waals surface area contributed by atoms with E-state index in [0.29, 0.717) is 17.2 Å². The maximum absolute atomic E-state index is 10.7. The number of nitro groups is 1. The number of furan rings is 1. The summed E-state index contributed by atoms with van der Waals surface area (Å²) in [6, 6.07) is 5.55. The fourth-order valence-corrected chi connectivity index (χ4v) is 1.71. The number of carboxylic acids is 1. The van der Waals surface area contributed by atoms with Crippen molar-refractivity contribution in [3.63, 3.8) is 0 Å². The van der Waals surface area contributed by atoms with Gasteiger partial charge in [-0.3, -0.25) is 10.1 Å². The van der Waals surface area contributed by atoms with E-state index in [2.05, 4.69) is 5.32 Å². The summed E-state index contributed by atoms with van der Waals surface area (Å²) in [4.78, 5) is 20.9. The topological polar surface area (TPSA) is 115 Å². The first kappa shape index (κ1) is 14.4. The zero-order chi connectivity index (χ0) is 15.4. The van der Waals surface area contributed by atoms with Crippen molar-refractivity contribution in [1.82, 2.24) is 0 Å². The van der Waals surface area contributed by atoms with Gasteiger partial charge in [-0.2, -0.15) is 0 Å². The zero-order valence-electron chi connectivity index (χ0n) is 11.0. The van der Waals surface area contributed by atoms with Gasteiger partial charge in [-0.1, -0.05) is 0 Å². The standard InChI is InChI=1S/C13H12N2O6/c1-20-12-5-9(15(18)19)2-3-11(12)14-6-10-4-8(7-21-10)13(16)17/h2-5,7,14H,6H2,1H3,(H,16,17). The van der Waals surface area contributed by atoms with Gasteiger partial charge in [0.1, 0.15) is 17.8 Å². The van der Waals surface area contributed by atoms with Gasteiger partial charge in [-0.15, -0.1) is 0 Å². The quantitative estimate of drug-likeness (QED) is 0.620. The van der Waals surface area contributed by atoms with E-state index in [-0.39, 0.29) is 17.8 Å². The Labute approximate surface area is 119 Å². The molecule has 0 aliphatic carbocycles. The normalized spacial score (nSPS) is 10.1. The van der Waals surface area contributed by atoms with Crippen molar-refractivity contribution in [1.29, 1.82) is 0 Å². The van der Waals surface area contributed by atoms with Crippen LogP contribution in [0.1, 0.15) is 16.1 Å². The lowest BCUT2D eigenvalue weighted by atomic mass is 10.2. The van der Waals surface area contributed by atoms with E-state index in [4.69, 9.17) is 14.3 Å². The first-order chi connectivity index (χ1) is 10.0. The molecule has 0 amide bonds. The Morgan fingerprint density at radius 1 is 1.48 bits per heavy atom. The van der Waals surface area contributed by atoms with Gasteiger partial charge in [0, 0.05) is 6.07 Å². The van der Waals surface area contributed by atoms with Crippen molar-refractivity contribution in [2.75, 3.05) is 12.4 Å². The molecule has 0 bridgehead atoms. The summed E-state index contributed by atoms with van der Waals surface area (Å²) >= 11 is 0. The first-order valence-corrected chi connectivity index (χ1v) is 5.88. The average Bonchev–Trinajstić information content (AvgIpc) is 2.93. The van der Waals surface area contributed by atoms with Crippen molar-refractivity contribution >= 4 is 17.3 Å². The number of carbonyl (C=O) groups is 1. The lowest BCUT2D eigenvalue weighted by molar-refractivity contribution is -0.384. The van der Waals surface area contributed by atoms with Crippen LogP contribution in [0.2, 0.25) is 0 Å². The number of nitro benzene ring substituents is 1. The number of carboxylic acid groups (broad SMARTS) is 1. The van der Waals surface area contributed by atoms with Gasteiger partial charge < -0.3 is 19.6 Å². The van der Waals surface area contributed by atoms with E-state index < -0.39 is 10.9 Å². The van der Waals surface area contributed by atoms with E-state index in [1.165, 1.54) is 31.4 Å². The van der Waals surface area contributed by atoms with Crippen LogP contribution in [0.25, 0.3) is 0 Å². The monoisotopic (exact) mass is 292 g/mol. The smallest absolute Gasteiger partial charge is 0.338 e. The maximum atomic E-state index is 10.7. The minimum absolute atomic E-state index is 0.0578. The van der Waals surface area contributed by atoms with Crippen LogP contribution < -0.4 is 10.1 Å². The van der Waals surface area contributed by atoms with Gasteiger partial charge in [-0.25, -0.2) is 4.79 Å². The number of nitrogens with one attached hydrogen (secondary N) is 1. The summed E-state index contributed by atoms with van der Waals surface area (Å²) in [6.45, 7) is 0.224. The van der Waals surface area contributed by atoms with E-state index >= 15 is 0 Å². The van der Waals surface area contributed by atoms with Crippen LogP contribution in [-0.4, -0.2) is 23.1 Å². The molecule has 2 N–H and O–H groups in total. The molecule has 0 aliphatic rings. The molecule has 0 saturated heterocycles. The van der Waals surface area contributed by atoms with Crippen molar-refractivity contribution in [3.8, 4) is 5.75 Å². The summed E-state index contributed by atoms with van der Waals surface area (Å²) in [5, 5.41) is 22.4. The molecule has 8 heteroatoms. The second-order valence-electron chi connectivity index (χ2n) is 4.10. The van der Waals surface area contributed by atoms with Gasteiger partial charge in [0.05, 0.1) is 35.9 Å². The van der Waals surface area contributed by atoms with Crippen molar-refractivity contribution in [2.24, 2.45) is 0 Å². The molecule has 8 nitrogen and oxygen atoms in total. The molecule has 21 heavy (non-hydrogen) atoms. The lowest BCUT2D eigenvalue weighted by Gasteiger charge is -2.09. The minimum Gasteiger partial charge on any atom is -0.494 e. The SMILES string of the molecule is COc1cc([N+](=O)[O-])ccc1NCc1cc(C(=O)O)co1. The Balaban J connectivity index is 2.11. The third-order valence-electron chi connectivity index (χ3n) is 2.75. The molecule has 1 heterocycles. The summed E-state index contributed by atoms with van der Waals surface area (Å²) in [6.07, 6.45) is 1.15. The summed E-state index contributed by atoms with van der Waals surface area (Å²) in [7, 11) is 1.40. The molecule has 0 aliphatic heterocycles. The summed E-state index contributed by atoms with van der Waals surface area (Å²) in [5.41, 5.74) is 0.516.